The first kappa shape index (κ1) is 26.9. The maximum atomic E-state index is 12.4. The second-order valence-electron chi connectivity index (χ2n) is 8.31. The van der Waals surface area contributed by atoms with Crippen LogP contribution in [0.4, 0.5) is 20.4 Å². The molecule has 39 heavy (non-hydrogen) atoms. The van der Waals surface area contributed by atoms with Crippen molar-refractivity contribution < 1.29 is 23.0 Å². The molecular weight excluding hydrogens is 510 g/mol. The number of amides is 1. The van der Waals surface area contributed by atoms with Crippen LogP contribution in [0.2, 0.25) is 0 Å². The van der Waals surface area contributed by atoms with Gasteiger partial charge in [0.1, 0.15) is 36.3 Å². The number of hydrogen-bond acceptors (Lipinski definition) is 9. The number of anilines is 2. The standard InChI is InChI=1S/C26H24F2N8O3/c1-16(13-36-15-30-14-34-36)39-22-7-17(3-4-19(22)9-29)20-10-32-26(33-11-20)35-21-6-5-18(8-23(21)38-2)25(37)31-12-24(27)28/h3-8,10-11,14-16,24H,12-13H2,1-2H3,(H,31,37)(H,32,33,35)/t16-/m0/s1. The van der Waals surface area contributed by atoms with Crippen molar-refractivity contribution in [3.05, 3.63) is 72.6 Å². The van der Waals surface area contributed by atoms with Crippen LogP contribution in [-0.2, 0) is 6.54 Å². The Morgan fingerprint density at radius 3 is 2.59 bits per heavy atom. The molecule has 4 aromatic rings. The molecule has 13 heteroatoms. The van der Waals surface area contributed by atoms with E-state index in [1.54, 1.807) is 47.7 Å². The molecule has 2 aromatic heterocycles. The summed E-state index contributed by atoms with van der Waals surface area (Å²) in [7, 11) is 1.42. The number of carbonyl (C=O) groups is 1. The number of halogens is 2. The Bertz CT molecular complexity index is 1460. The van der Waals surface area contributed by atoms with Gasteiger partial charge in [0.05, 0.1) is 31.5 Å². The van der Waals surface area contributed by atoms with Crippen LogP contribution in [0.3, 0.4) is 0 Å². The summed E-state index contributed by atoms with van der Waals surface area (Å²) in [5.41, 5.74) is 2.48. The molecule has 0 fully saturated rings. The van der Waals surface area contributed by atoms with Crippen LogP contribution in [-0.4, -0.2) is 56.8 Å². The highest BCUT2D eigenvalue weighted by atomic mass is 19.3. The summed E-state index contributed by atoms with van der Waals surface area (Å²) < 4.78 is 37.7. The first-order chi connectivity index (χ1) is 18.9. The van der Waals surface area contributed by atoms with Gasteiger partial charge < -0.3 is 20.1 Å². The normalized spacial score (nSPS) is 11.5. The summed E-state index contributed by atoms with van der Waals surface area (Å²) in [6.45, 7) is 1.59. The van der Waals surface area contributed by atoms with Gasteiger partial charge in [0.25, 0.3) is 12.3 Å². The number of alkyl halides is 2. The zero-order chi connectivity index (χ0) is 27.8. The number of carbonyl (C=O) groups excluding carboxylic acids is 1. The molecule has 0 radical (unpaired) electrons. The summed E-state index contributed by atoms with van der Waals surface area (Å²) >= 11 is 0. The van der Waals surface area contributed by atoms with Gasteiger partial charge >= 0.3 is 0 Å². The lowest BCUT2D eigenvalue weighted by molar-refractivity contribution is 0.0891. The summed E-state index contributed by atoms with van der Waals surface area (Å²) in [6.07, 6.45) is 3.33. The van der Waals surface area contributed by atoms with Gasteiger partial charge in [0.15, 0.2) is 0 Å². The Kier molecular flexibility index (Phi) is 8.57. The lowest BCUT2D eigenvalue weighted by atomic mass is 10.1. The van der Waals surface area contributed by atoms with Crippen LogP contribution < -0.4 is 20.1 Å². The van der Waals surface area contributed by atoms with Gasteiger partial charge in [-0.1, -0.05) is 6.07 Å². The third-order valence-corrected chi connectivity index (χ3v) is 5.45. The topological polar surface area (TPSA) is 140 Å². The molecule has 1 atom stereocenters. The predicted octanol–water partition coefficient (Wildman–Crippen LogP) is 3.82. The van der Waals surface area contributed by atoms with Crippen LogP contribution >= 0.6 is 0 Å². The average Bonchev–Trinajstić information content (AvgIpc) is 3.45. The number of ether oxygens (including phenoxy) is 2. The van der Waals surface area contributed by atoms with Crippen LogP contribution in [0.15, 0.2) is 61.4 Å². The summed E-state index contributed by atoms with van der Waals surface area (Å²) in [4.78, 5) is 24.7. The van der Waals surface area contributed by atoms with Crippen molar-refractivity contribution in [2.45, 2.75) is 26.0 Å². The van der Waals surface area contributed by atoms with Gasteiger partial charge in [-0.2, -0.15) is 10.4 Å². The minimum atomic E-state index is -2.64. The number of rotatable bonds is 11. The van der Waals surface area contributed by atoms with E-state index in [1.165, 1.54) is 25.6 Å². The van der Waals surface area contributed by atoms with E-state index in [9.17, 15) is 18.8 Å². The van der Waals surface area contributed by atoms with E-state index in [-0.39, 0.29) is 17.6 Å². The molecule has 0 saturated heterocycles. The minimum Gasteiger partial charge on any atom is -0.495 e. The Balaban J connectivity index is 1.47. The first-order valence-corrected chi connectivity index (χ1v) is 11.7. The third kappa shape index (κ3) is 7.01. The molecule has 11 nitrogen and oxygen atoms in total. The second kappa shape index (κ2) is 12.4. The van der Waals surface area contributed by atoms with E-state index in [0.717, 1.165) is 5.56 Å². The zero-order valence-corrected chi connectivity index (χ0v) is 21.0. The van der Waals surface area contributed by atoms with Crippen molar-refractivity contribution in [2.75, 3.05) is 19.0 Å². The largest absolute Gasteiger partial charge is 0.495 e. The lowest BCUT2D eigenvalue weighted by Gasteiger charge is -2.16. The second-order valence-corrected chi connectivity index (χ2v) is 8.31. The van der Waals surface area contributed by atoms with E-state index in [1.807, 2.05) is 6.92 Å². The molecule has 0 aliphatic carbocycles. The number of aromatic nitrogens is 5. The van der Waals surface area contributed by atoms with Gasteiger partial charge in [-0.05, 0) is 42.8 Å². The van der Waals surface area contributed by atoms with Crippen molar-refractivity contribution in [2.24, 2.45) is 0 Å². The monoisotopic (exact) mass is 534 g/mol. The Morgan fingerprint density at radius 2 is 1.92 bits per heavy atom. The van der Waals surface area contributed by atoms with Gasteiger partial charge in [-0.25, -0.2) is 28.4 Å². The first-order valence-electron chi connectivity index (χ1n) is 11.7. The number of benzene rings is 2. The number of hydrogen-bond donors (Lipinski definition) is 2. The SMILES string of the molecule is COc1cc(C(=O)NCC(F)F)ccc1Nc1ncc(-c2ccc(C#N)c(O[C@@H](C)Cn3cncn3)c2)cn1. The highest BCUT2D eigenvalue weighted by Gasteiger charge is 2.14. The molecule has 0 aliphatic heterocycles. The fraction of sp³-hybridized carbons (Fsp3) is 0.231. The van der Waals surface area contributed by atoms with E-state index in [4.69, 9.17) is 9.47 Å². The van der Waals surface area contributed by atoms with Crippen molar-refractivity contribution >= 4 is 17.5 Å². The molecule has 4 rings (SSSR count). The Labute approximate surface area is 222 Å². The van der Waals surface area contributed by atoms with Crippen molar-refractivity contribution in [1.82, 2.24) is 30.0 Å². The average molecular weight is 535 g/mol. The van der Waals surface area contributed by atoms with Crippen LogP contribution in [0.25, 0.3) is 11.1 Å². The van der Waals surface area contributed by atoms with Crippen molar-refractivity contribution in [1.29, 1.82) is 5.26 Å². The van der Waals surface area contributed by atoms with Gasteiger partial charge in [0, 0.05) is 23.5 Å². The minimum absolute atomic E-state index is 0.170. The van der Waals surface area contributed by atoms with E-state index < -0.39 is 18.9 Å². The van der Waals surface area contributed by atoms with Gasteiger partial charge in [0.2, 0.25) is 5.95 Å². The number of nitrogens with one attached hydrogen (secondary N) is 2. The molecule has 2 heterocycles. The maximum absolute atomic E-state index is 12.4. The smallest absolute Gasteiger partial charge is 0.255 e. The van der Waals surface area contributed by atoms with Crippen LogP contribution in [0.1, 0.15) is 22.8 Å². The number of methoxy groups -OCH3 is 1. The van der Waals surface area contributed by atoms with Gasteiger partial charge in [-0.3, -0.25) is 4.79 Å². The molecule has 200 valence electrons. The fourth-order valence-electron chi connectivity index (χ4n) is 3.61. The van der Waals surface area contributed by atoms with Crippen LogP contribution in [0.5, 0.6) is 11.5 Å². The summed E-state index contributed by atoms with van der Waals surface area (Å²) in [6, 6.07) is 11.8. The van der Waals surface area contributed by atoms with E-state index in [2.05, 4.69) is 36.8 Å². The lowest BCUT2D eigenvalue weighted by Crippen LogP contribution is -2.28. The highest BCUT2D eigenvalue weighted by molar-refractivity contribution is 5.95. The molecule has 2 aromatic carbocycles. The van der Waals surface area contributed by atoms with Gasteiger partial charge in [-0.15, -0.1) is 0 Å². The molecule has 1 amide bonds. The van der Waals surface area contributed by atoms with Crippen molar-refractivity contribution in [3.63, 3.8) is 0 Å². The molecule has 0 spiro atoms. The molecule has 2 N–H and O–H groups in total. The number of nitrogens with zero attached hydrogens (tertiary/aromatic N) is 6. The maximum Gasteiger partial charge on any atom is 0.255 e. The molecular formula is C26H24F2N8O3. The molecule has 0 saturated carbocycles. The Hall–Kier alpha value is -5.12. The van der Waals surface area contributed by atoms with E-state index >= 15 is 0 Å². The molecule has 0 aliphatic rings. The number of nitriles is 1. The zero-order valence-electron chi connectivity index (χ0n) is 21.0. The molecule has 0 unspecified atom stereocenters. The van der Waals surface area contributed by atoms with Crippen LogP contribution in [0, 0.1) is 11.3 Å². The third-order valence-electron chi connectivity index (χ3n) is 5.45. The Morgan fingerprint density at radius 1 is 1.13 bits per heavy atom. The fourth-order valence-corrected chi connectivity index (χ4v) is 3.61. The predicted molar refractivity (Wildman–Crippen MR) is 137 cm³/mol. The highest BCUT2D eigenvalue weighted by Crippen LogP contribution is 2.30. The summed E-state index contributed by atoms with van der Waals surface area (Å²) in [5.74, 6) is 0.353. The quantitative estimate of drug-likeness (QED) is 0.294. The van der Waals surface area contributed by atoms with E-state index in [0.29, 0.717) is 34.9 Å². The van der Waals surface area contributed by atoms with Crippen molar-refractivity contribution in [3.8, 4) is 28.7 Å². The summed E-state index contributed by atoms with van der Waals surface area (Å²) in [5, 5.41) is 18.7. The molecule has 0 bridgehead atoms.